The number of nitrogens with one attached hydrogen (secondary N) is 1. The molecule has 0 aliphatic carbocycles. The third kappa shape index (κ3) is 3.01. The molecule has 0 aliphatic rings. The highest BCUT2D eigenvalue weighted by molar-refractivity contribution is 7.15. The fourth-order valence-electron chi connectivity index (χ4n) is 1.55. The summed E-state index contributed by atoms with van der Waals surface area (Å²) in [5.74, 6) is -0.433. The van der Waals surface area contributed by atoms with Crippen LogP contribution in [0.15, 0.2) is 17.7 Å². The minimum atomic E-state index is -1.06. The predicted octanol–water partition coefficient (Wildman–Crippen LogP) is 0.922. The maximum absolute atomic E-state index is 11.8. The van der Waals surface area contributed by atoms with Gasteiger partial charge in [0.2, 0.25) is 5.91 Å². The van der Waals surface area contributed by atoms with E-state index in [2.05, 4.69) is 10.3 Å². The molecule has 0 saturated heterocycles. The SMILES string of the molecule is CC(CO)(CO)NC(=O)/C=C/c1c(Cl)nc2sccn12. The number of halogens is 1. The molecule has 0 saturated carbocycles. The zero-order valence-electron chi connectivity index (χ0n) is 10.7. The van der Waals surface area contributed by atoms with Crippen molar-refractivity contribution in [1.82, 2.24) is 14.7 Å². The molecule has 0 unspecified atom stereocenters. The van der Waals surface area contributed by atoms with Gasteiger partial charge in [-0.25, -0.2) is 4.98 Å². The summed E-state index contributed by atoms with van der Waals surface area (Å²) in [7, 11) is 0. The average Bonchev–Trinajstić information content (AvgIpc) is 2.97. The number of imidazole rings is 1. The minimum absolute atomic E-state index is 0.313. The second-order valence-corrected chi connectivity index (χ2v) is 5.77. The number of amides is 1. The van der Waals surface area contributed by atoms with Gasteiger partial charge in [-0.15, -0.1) is 11.3 Å². The molecule has 0 spiro atoms. The highest BCUT2D eigenvalue weighted by atomic mass is 35.5. The van der Waals surface area contributed by atoms with Gasteiger partial charge in [0, 0.05) is 17.7 Å². The van der Waals surface area contributed by atoms with Crippen LogP contribution in [-0.2, 0) is 4.79 Å². The first-order valence-electron chi connectivity index (χ1n) is 5.82. The van der Waals surface area contributed by atoms with E-state index in [-0.39, 0.29) is 13.2 Å². The number of nitrogens with zero attached hydrogens (tertiary/aromatic N) is 2. The lowest BCUT2D eigenvalue weighted by Crippen LogP contribution is -2.51. The molecule has 0 bridgehead atoms. The topological polar surface area (TPSA) is 86.9 Å². The summed E-state index contributed by atoms with van der Waals surface area (Å²) in [4.78, 5) is 16.7. The molecule has 0 atom stereocenters. The standard InChI is InChI=1S/C12H14ClN3O3S/c1-12(6-17,7-18)15-9(19)3-2-8-10(13)14-11-16(8)4-5-20-11/h2-5,17-18H,6-7H2,1H3,(H,15,19)/b3-2+. The number of thiazole rings is 1. The Bertz CT molecular complexity index is 645. The van der Waals surface area contributed by atoms with Crippen LogP contribution >= 0.6 is 22.9 Å². The van der Waals surface area contributed by atoms with E-state index in [0.717, 1.165) is 4.96 Å². The monoisotopic (exact) mass is 315 g/mol. The molecule has 108 valence electrons. The molecule has 0 radical (unpaired) electrons. The van der Waals surface area contributed by atoms with Crippen molar-refractivity contribution in [2.24, 2.45) is 0 Å². The Morgan fingerprint density at radius 3 is 2.95 bits per heavy atom. The lowest BCUT2D eigenvalue weighted by molar-refractivity contribution is -0.119. The van der Waals surface area contributed by atoms with Crippen LogP contribution in [0.3, 0.4) is 0 Å². The number of hydrogen-bond donors (Lipinski definition) is 3. The number of aromatic nitrogens is 2. The number of rotatable bonds is 5. The maximum Gasteiger partial charge on any atom is 0.244 e. The molecule has 2 heterocycles. The van der Waals surface area contributed by atoms with E-state index in [4.69, 9.17) is 21.8 Å². The molecular formula is C12H14ClN3O3S. The molecule has 6 nitrogen and oxygen atoms in total. The van der Waals surface area contributed by atoms with Crippen molar-refractivity contribution in [1.29, 1.82) is 0 Å². The number of hydrogen-bond acceptors (Lipinski definition) is 5. The number of carbonyl (C=O) groups is 1. The summed E-state index contributed by atoms with van der Waals surface area (Å²) >= 11 is 7.43. The lowest BCUT2D eigenvalue weighted by Gasteiger charge is -2.25. The minimum Gasteiger partial charge on any atom is -0.394 e. The van der Waals surface area contributed by atoms with E-state index in [1.807, 2.05) is 11.6 Å². The first-order chi connectivity index (χ1) is 9.49. The Labute approximate surface area is 124 Å². The van der Waals surface area contributed by atoms with Crippen LogP contribution in [0.4, 0.5) is 0 Å². The van der Waals surface area contributed by atoms with Crippen molar-refractivity contribution in [3.63, 3.8) is 0 Å². The zero-order valence-corrected chi connectivity index (χ0v) is 12.3. The molecule has 0 fully saturated rings. The molecule has 20 heavy (non-hydrogen) atoms. The third-order valence-corrected chi connectivity index (χ3v) is 3.80. The van der Waals surface area contributed by atoms with Gasteiger partial charge in [-0.2, -0.15) is 0 Å². The van der Waals surface area contributed by atoms with Crippen LogP contribution in [0.2, 0.25) is 5.15 Å². The highest BCUT2D eigenvalue weighted by Gasteiger charge is 2.23. The normalized spacial score (nSPS) is 12.4. The highest BCUT2D eigenvalue weighted by Crippen LogP contribution is 2.22. The second kappa shape index (κ2) is 5.92. The van der Waals surface area contributed by atoms with Crippen LogP contribution in [0, 0.1) is 0 Å². The lowest BCUT2D eigenvalue weighted by atomic mass is 10.1. The van der Waals surface area contributed by atoms with E-state index in [0.29, 0.717) is 10.8 Å². The van der Waals surface area contributed by atoms with Crippen LogP contribution < -0.4 is 5.32 Å². The number of carbonyl (C=O) groups excluding carboxylic acids is 1. The van der Waals surface area contributed by atoms with Crippen molar-refractivity contribution in [2.45, 2.75) is 12.5 Å². The van der Waals surface area contributed by atoms with E-state index in [9.17, 15) is 4.79 Å². The first-order valence-corrected chi connectivity index (χ1v) is 7.08. The molecule has 2 aromatic heterocycles. The molecule has 2 rings (SSSR count). The Hall–Kier alpha value is -1.41. The van der Waals surface area contributed by atoms with E-state index < -0.39 is 11.4 Å². The summed E-state index contributed by atoms with van der Waals surface area (Å²) in [5, 5.41) is 22.9. The van der Waals surface area contributed by atoms with Gasteiger partial charge >= 0.3 is 0 Å². The van der Waals surface area contributed by atoms with Crippen molar-refractivity contribution >= 4 is 39.9 Å². The van der Waals surface area contributed by atoms with Crippen LogP contribution in [0.25, 0.3) is 11.0 Å². The fraction of sp³-hybridized carbons (Fsp3) is 0.333. The van der Waals surface area contributed by atoms with Crippen molar-refractivity contribution in [2.75, 3.05) is 13.2 Å². The first kappa shape index (κ1) is 15.0. The predicted molar refractivity (Wildman–Crippen MR) is 77.8 cm³/mol. The van der Waals surface area contributed by atoms with Gasteiger partial charge < -0.3 is 15.5 Å². The number of fused-ring (bicyclic) bond motifs is 1. The Morgan fingerprint density at radius 1 is 1.60 bits per heavy atom. The molecule has 0 aromatic carbocycles. The van der Waals surface area contributed by atoms with Gasteiger partial charge in [-0.3, -0.25) is 9.20 Å². The van der Waals surface area contributed by atoms with Gasteiger partial charge in [0.1, 0.15) is 0 Å². The summed E-state index contributed by atoms with van der Waals surface area (Å²) in [5.41, 5.74) is -0.451. The quantitative estimate of drug-likeness (QED) is 0.716. The summed E-state index contributed by atoms with van der Waals surface area (Å²) < 4.78 is 1.77. The van der Waals surface area contributed by atoms with E-state index in [1.54, 1.807) is 17.4 Å². The molecule has 8 heteroatoms. The molecular weight excluding hydrogens is 302 g/mol. The smallest absolute Gasteiger partial charge is 0.244 e. The number of aliphatic hydroxyl groups excluding tert-OH is 2. The Kier molecular flexibility index (Phi) is 4.44. The largest absolute Gasteiger partial charge is 0.394 e. The van der Waals surface area contributed by atoms with Gasteiger partial charge in [0.05, 0.1) is 24.4 Å². The van der Waals surface area contributed by atoms with Crippen LogP contribution in [0.1, 0.15) is 12.6 Å². The summed E-state index contributed by atoms with van der Waals surface area (Å²) in [6.45, 7) is 0.832. The Morgan fingerprint density at radius 2 is 2.30 bits per heavy atom. The fourth-order valence-corrected chi connectivity index (χ4v) is 2.55. The van der Waals surface area contributed by atoms with Gasteiger partial charge in [-0.1, -0.05) is 11.6 Å². The van der Waals surface area contributed by atoms with Gasteiger partial charge in [0.15, 0.2) is 10.1 Å². The van der Waals surface area contributed by atoms with Crippen LogP contribution in [0.5, 0.6) is 0 Å². The summed E-state index contributed by atoms with van der Waals surface area (Å²) in [6.07, 6.45) is 4.64. The second-order valence-electron chi connectivity index (χ2n) is 4.54. The average molecular weight is 316 g/mol. The van der Waals surface area contributed by atoms with E-state index in [1.165, 1.54) is 17.4 Å². The molecule has 3 N–H and O–H groups in total. The van der Waals surface area contributed by atoms with Crippen molar-refractivity contribution < 1.29 is 15.0 Å². The molecule has 0 aliphatic heterocycles. The van der Waals surface area contributed by atoms with Crippen molar-refractivity contribution in [3.8, 4) is 0 Å². The summed E-state index contributed by atoms with van der Waals surface area (Å²) in [6, 6.07) is 0. The third-order valence-electron chi connectivity index (χ3n) is 2.77. The molecule has 2 aromatic rings. The van der Waals surface area contributed by atoms with Gasteiger partial charge in [-0.05, 0) is 13.0 Å². The zero-order chi connectivity index (χ0) is 14.8. The van der Waals surface area contributed by atoms with Crippen LogP contribution in [-0.4, -0.2) is 44.3 Å². The molecule has 1 amide bonds. The van der Waals surface area contributed by atoms with Gasteiger partial charge in [0.25, 0.3) is 0 Å². The maximum atomic E-state index is 11.8. The number of aliphatic hydroxyl groups is 2. The van der Waals surface area contributed by atoms with E-state index >= 15 is 0 Å². The Balaban J connectivity index is 2.15. The van der Waals surface area contributed by atoms with Crippen molar-refractivity contribution in [3.05, 3.63) is 28.5 Å².